The molecule has 0 aromatic heterocycles. The van der Waals surface area contributed by atoms with E-state index in [1.54, 1.807) is 6.07 Å². The van der Waals surface area contributed by atoms with E-state index in [0.717, 1.165) is 11.3 Å². The van der Waals surface area contributed by atoms with Gasteiger partial charge in [-0.3, -0.25) is 4.79 Å². The van der Waals surface area contributed by atoms with Crippen LogP contribution in [0.4, 0.5) is 11.4 Å². The molecule has 0 spiro atoms. The lowest BCUT2D eigenvalue weighted by Crippen LogP contribution is -2.15. The Bertz CT molecular complexity index is 612. The number of nitrogens with one attached hydrogen (secondary N) is 1. The third kappa shape index (κ3) is 2.99. The van der Waals surface area contributed by atoms with Crippen LogP contribution < -0.4 is 11.1 Å². The Kier molecular flexibility index (Phi) is 4.08. The van der Waals surface area contributed by atoms with Gasteiger partial charge >= 0.3 is 0 Å². The number of hydrogen-bond acceptors (Lipinski definition) is 2. The lowest BCUT2D eigenvalue weighted by atomic mass is 10.0. The zero-order valence-electron chi connectivity index (χ0n) is 12.1. The van der Waals surface area contributed by atoms with Crippen LogP contribution in [0, 0.1) is 6.92 Å². The summed E-state index contributed by atoms with van der Waals surface area (Å²) in [6.45, 7) is 6.14. The number of carbonyl (C=O) groups excluding carboxylic acids is 1. The van der Waals surface area contributed by atoms with E-state index in [0.29, 0.717) is 17.2 Å². The first-order valence-corrected chi connectivity index (χ1v) is 6.75. The molecule has 0 unspecified atom stereocenters. The highest BCUT2D eigenvalue weighted by atomic mass is 16.1. The van der Waals surface area contributed by atoms with Crippen molar-refractivity contribution in [2.45, 2.75) is 26.7 Å². The summed E-state index contributed by atoms with van der Waals surface area (Å²) in [5.74, 6) is 0.261. The summed E-state index contributed by atoms with van der Waals surface area (Å²) in [7, 11) is 0. The molecule has 0 heterocycles. The van der Waals surface area contributed by atoms with Gasteiger partial charge in [-0.15, -0.1) is 0 Å². The van der Waals surface area contributed by atoms with Gasteiger partial charge in [-0.2, -0.15) is 0 Å². The molecule has 2 aromatic carbocycles. The Balaban J connectivity index is 2.26. The van der Waals surface area contributed by atoms with Crippen molar-refractivity contribution in [3.63, 3.8) is 0 Å². The standard InChI is InChI=1S/C17H20N2O/c1-11(2)13-7-5-8-14(10-13)19-17(20)16-12(3)6-4-9-15(16)18/h4-11H,18H2,1-3H3,(H,19,20). The summed E-state index contributed by atoms with van der Waals surface area (Å²) in [4.78, 5) is 12.3. The SMILES string of the molecule is Cc1cccc(N)c1C(=O)Nc1cccc(C(C)C)c1. The Labute approximate surface area is 119 Å². The Morgan fingerprint density at radius 1 is 1.15 bits per heavy atom. The normalized spacial score (nSPS) is 10.6. The number of rotatable bonds is 3. The van der Waals surface area contributed by atoms with Gasteiger partial charge in [0.1, 0.15) is 0 Å². The summed E-state index contributed by atoms with van der Waals surface area (Å²) in [5.41, 5.74) is 9.81. The maximum absolute atomic E-state index is 12.3. The molecule has 3 nitrogen and oxygen atoms in total. The highest BCUT2D eigenvalue weighted by Crippen LogP contribution is 2.21. The predicted molar refractivity (Wildman–Crippen MR) is 84.1 cm³/mol. The Morgan fingerprint density at radius 3 is 2.50 bits per heavy atom. The molecule has 20 heavy (non-hydrogen) atoms. The van der Waals surface area contributed by atoms with Crippen molar-refractivity contribution in [3.8, 4) is 0 Å². The maximum atomic E-state index is 12.3. The van der Waals surface area contributed by atoms with E-state index in [4.69, 9.17) is 5.73 Å². The summed E-state index contributed by atoms with van der Waals surface area (Å²) in [6, 6.07) is 13.4. The van der Waals surface area contributed by atoms with Crippen LogP contribution in [0.1, 0.15) is 41.3 Å². The van der Waals surface area contributed by atoms with Gasteiger partial charge < -0.3 is 11.1 Å². The largest absolute Gasteiger partial charge is 0.398 e. The maximum Gasteiger partial charge on any atom is 0.258 e. The van der Waals surface area contributed by atoms with Gasteiger partial charge in [-0.25, -0.2) is 0 Å². The molecule has 3 heteroatoms. The van der Waals surface area contributed by atoms with Gasteiger partial charge in [0, 0.05) is 11.4 Å². The number of nitrogen functional groups attached to an aromatic ring is 1. The van der Waals surface area contributed by atoms with Gasteiger partial charge in [-0.05, 0) is 42.2 Å². The van der Waals surface area contributed by atoms with E-state index in [1.165, 1.54) is 5.56 Å². The fourth-order valence-corrected chi connectivity index (χ4v) is 2.17. The first-order valence-electron chi connectivity index (χ1n) is 6.75. The molecule has 3 N–H and O–H groups in total. The second kappa shape index (κ2) is 5.78. The smallest absolute Gasteiger partial charge is 0.258 e. The van der Waals surface area contributed by atoms with E-state index in [2.05, 4.69) is 25.2 Å². The van der Waals surface area contributed by atoms with E-state index < -0.39 is 0 Å². The van der Waals surface area contributed by atoms with E-state index in [-0.39, 0.29) is 5.91 Å². The molecule has 1 amide bonds. The lowest BCUT2D eigenvalue weighted by Gasteiger charge is -2.12. The van der Waals surface area contributed by atoms with Crippen molar-refractivity contribution in [2.75, 3.05) is 11.1 Å². The Morgan fingerprint density at radius 2 is 1.85 bits per heavy atom. The van der Waals surface area contributed by atoms with E-state index in [1.807, 2.05) is 37.3 Å². The molecule has 0 saturated heterocycles. The predicted octanol–water partition coefficient (Wildman–Crippen LogP) is 3.95. The van der Waals surface area contributed by atoms with Gasteiger partial charge in [0.25, 0.3) is 5.91 Å². The fourth-order valence-electron chi connectivity index (χ4n) is 2.17. The molecule has 0 atom stereocenters. The van der Waals surface area contributed by atoms with Crippen LogP contribution in [0.3, 0.4) is 0 Å². The van der Waals surface area contributed by atoms with Crippen molar-refractivity contribution in [1.82, 2.24) is 0 Å². The Hall–Kier alpha value is -2.29. The average molecular weight is 268 g/mol. The number of anilines is 2. The van der Waals surface area contributed by atoms with Crippen LogP contribution in [0.2, 0.25) is 0 Å². The number of carbonyl (C=O) groups is 1. The quantitative estimate of drug-likeness (QED) is 0.828. The molecule has 2 rings (SSSR count). The second-order valence-electron chi connectivity index (χ2n) is 5.27. The van der Waals surface area contributed by atoms with Crippen molar-refractivity contribution >= 4 is 17.3 Å². The van der Waals surface area contributed by atoms with Crippen LogP contribution in [0.25, 0.3) is 0 Å². The van der Waals surface area contributed by atoms with Crippen molar-refractivity contribution in [1.29, 1.82) is 0 Å². The minimum absolute atomic E-state index is 0.165. The van der Waals surface area contributed by atoms with Gasteiger partial charge in [-0.1, -0.05) is 38.1 Å². The molecule has 0 aliphatic carbocycles. The minimum Gasteiger partial charge on any atom is -0.398 e. The number of amides is 1. The van der Waals surface area contributed by atoms with Gasteiger partial charge in [0.05, 0.1) is 5.56 Å². The van der Waals surface area contributed by atoms with Crippen LogP contribution >= 0.6 is 0 Å². The second-order valence-corrected chi connectivity index (χ2v) is 5.27. The van der Waals surface area contributed by atoms with Crippen molar-refractivity contribution in [2.24, 2.45) is 0 Å². The topological polar surface area (TPSA) is 55.1 Å². The average Bonchev–Trinajstić information content (AvgIpc) is 2.38. The van der Waals surface area contributed by atoms with Crippen LogP contribution in [0.15, 0.2) is 42.5 Å². The fraction of sp³-hybridized carbons (Fsp3) is 0.235. The number of benzene rings is 2. The minimum atomic E-state index is -0.165. The van der Waals surface area contributed by atoms with Crippen LogP contribution in [-0.4, -0.2) is 5.91 Å². The molecule has 0 aliphatic rings. The number of aryl methyl sites for hydroxylation is 1. The molecule has 0 bridgehead atoms. The molecular weight excluding hydrogens is 248 g/mol. The molecular formula is C17H20N2O. The summed E-state index contributed by atoms with van der Waals surface area (Å²) in [5, 5.41) is 2.92. The van der Waals surface area contributed by atoms with Crippen LogP contribution in [-0.2, 0) is 0 Å². The number of hydrogen-bond donors (Lipinski definition) is 2. The summed E-state index contributed by atoms with van der Waals surface area (Å²) in [6.07, 6.45) is 0. The van der Waals surface area contributed by atoms with Gasteiger partial charge in [0.15, 0.2) is 0 Å². The zero-order valence-corrected chi connectivity index (χ0v) is 12.1. The summed E-state index contributed by atoms with van der Waals surface area (Å²) < 4.78 is 0. The molecule has 0 fully saturated rings. The van der Waals surface area contributed by atoms with E-state index >= 15 is 0 Å². The third-order valence-corrected chi connectivity index (χ3v) is 3.34. The highest BCUT2D eigenvalue weighted by molar-refractivity contribution is 6.08. The molecule has 104 valence electrons. The molecule has 0 radical (unpaired) electrons. The number of nitrogens with two attached hydrogens (primary N) is 1. The van der Waals surface area contributed by atoms with Crippen molar-refractivity contribution in [3.05, 3.63) is 59.2 Å². The highest BCUT2D eigenvalue weighted by Gasteiger charge is 2.13. The first kappa shape index (κ1) is 14.1. The first-order chi connectivity index (χ1) is 9.49. The summed E-state index contributed by atoms with van der Waals surface area (Å²) >= 11 is 0. The lowest BCUT2D eigenvalue weighted by molar-refractivity contribution is 0.102. The molecule has 0 aliphatic heterocycles. The van der Waals surface area contributed by atoms with Crippen molar-refractivity contribution < 1.29 is 4.79 Å². The van der Waals surface area contributed by atoms with Crippen LogP contribution in [0.5, 0.6) is 0 Å². The third-order valence-electron chi connectivity index (χ3n) is 3.34. The van der Waals surface area contributed by atoms with E-state index in [9.17, 15) is 4.79 Å². The molecule has 0 saturated carbocycles. The zero-order chi connectivity index (χ0) is 14.7. The van der Waals surface area contributed by atoms with Gasteiger partial charge in [0.2, 0.25) is 0 Å². The monoisotopic (exact) mass is 268 g/mol. The molecule has 2 aromatic rings.